The number of nitrogens with zero attached hydrogens (tertiary/aromatic N) is 1. The average molecular weight is 446 g/mol. The lowest BCUT2D eigenvalue weighted by Gasteiger charge is -2.24. The minimum Gasteiger partial charge on any atom is -0.480 e. The second-order valence-electron chi connectivity index (χ2n) is 7.57. The standard InChI is InChI=1S/C18H35N7O6/c1-9(2)7-12(24-14(27)10(3)19)15(28)25-13(8-26)16(29)23-11(17(30)31)5-4-6-22-18(20)21/h9-13,26H,4-8,19H2,1-3H3,(H,23,29)(H,24,27)(H,25,28)(H,30,31)(H4,20,21,22). The fourth-order valence-electron chi connectivity index (χ4n) is 2.51. The maximum atomic E-state index is 12.6. The van der Waals surface area contributed by atoms with E-state index in [0.29, 0.717) is 0 Å². The maximum absolute atomic E-state index is 12.6. The first kappa shape index (κ1) is 28.1. The molecule has 0 aromatic carbocycles. The molecule has 0 aliphatic carbocycles. The normalized spacial score (nSPS) is 14.6. The summed E-state index contributed by atoms with van der Waals surface area (Å²) in [5.41, 5.74) is 15.9. The predicted octanol–water partition coefficient (Wildman–Crippen LogP) is -3.04. The van der Waals surface area contributed by atoms with Crippen LogP contribution in [0.5, 0.6) is 0 Å². The zero-order valence-electron chi connectivity index (χ0n) is 18.1. The molecule has 0 spiro atoms. The van der Waals surface area contributed by atoms with Crippen LogP contribution in [0.25, 0.3) is 0 Å². The molecular formula is C18H35N7O6. The molecule has 178 valence electrons. The van der Waals surface area contributed by atoms with Crippen molar-refractivity contribution in [2.24, 2.45) is 28.1 Å². The SMILES string of the molecule is CC(C)CC(NC(=O)C(C)N)C(=O)NC(CO)C(=O)NC(CCCN=C(N)N)C(=O)O. The van der Waals surface area contributed by atoms with Crippen molar-refractivity contribution in [3.8, 4) is 0 Å². The van der Waals surface area contributed by atoms with Gasteiger partial charge in [0.2, 0.25) is 17.7 Å². The molecule has 0 aliphatic rings. The molecule has 0 aromatic rings. The highest BCUT2D eigenvalue weighted by molar-refractivity contribution is 5.94. The minimum absolute atomic E-state index is 0.0321. The van der Waals surface area contributed by atoms with Crippen molar-refractivity contribution in [3.05, 3.63) is 0 Å². The molecule has 0 fully saturated rings. The van der Waals surface area contributed by atoms with Gasteiger partial charge < -0.3 is 43.4 Å². The Morgan fingerprint density at radius 3 is 1.87 bits per heavy atom. The zero-order chi connectivity index (χ0) is 24.1. The number of guanidine groups is 1. The van der Waals surface area contributed by atoms with E-state index in [4.69, 9.17) is 17.2 Å². The summed E-state index contributed by atoms with van der Waals surface area (Å²) in [6.07, 6.45) is 0.585. The van der Waals surface area contributed by atoms with Crippen LogP contribution in [0.2, 0.25) is 0 Å². The molecular weight excluding hydrogens is 410 g/mol. The quantitative estimate of drug-likeness (QED) is 0.0769. The van der Waals surface area contributed by atoms with Crippen LogP contribution in [0.1, 0.15) is 40.0 Å². The topological polar surface area (TPSA) is 235 Å². The van der Waals surface area contributed by atoms with E-state index in [2.05, 4.69) is 20.9 Å². The Balaban J connectivity index is 5.09. The molecule has 3 amide bonds. The molecule has 0 aromatic heterocycles. The van der Waals surface area contributed by atoms with Gasteiger partial charge in [-0.15, -0.1) is 0 Å². The van der Waals surface area contributed by atoms with E-state index in [9.17, 15) is 29.4 Å². The Labute approximate surface area is 181 Å². The number of hydrogen-bond acceptors (Lipinski definition) is 7. The number of nitrogens with one attached hydrogen (secondary N) is 3. The van der Waals surface area contributed by atoms with Crippen molar-refractivity contribution < 1.29 is 29.4 Å². The number of aliphatic imine (C=N–C) groups is 1. The average Bonchev–Trinajstić information content (AvgIpc) is 2.66. The fraction of sp³-hybridized carbons (Fsp3) is 0.722. The van der Waals surface area contributed by atoms with Gasteiger partial charge >= 0.3 is 5.97 Å². The number of carbonyl (C=O) groups excluding carboxylic acids is 3. The molecule has 0 heterocycles. The molecule has 4 atom stereocenters. The first-order valence-corrected chi connectivity index (χ1v) is 9.94. The van der Waals surface area contributed by atoms with E-state index < -0.39 is 54.5 Å². The highest BCUT2D eigenvalue weighted by Gasteiger charge is 2.29. The number of carbonyl (C=O) groups is 4. The van der Waals surface area contributed by atoms with Gasteiger partial charge in [-0.25, -0.2) is 4.79 Å². The molecule has 0 aliphatic heterocycles. The van der Waals surface area contributed by atoms with Crippen LogP contribution in [0.15, 0.2) is 4.99 Å². The molecule has 0 rings (SSSR count). The second-order valence-corrected chi connectivity index (χ2v) is 7.57. The van der Waals surface area contributed by atoms with Gasteiger partial charge in [0.15, 0.2) is 5.96 Å². The Morgan fingerprint density at radius 1 is 0.903 bits per heavy atom. The van der Waals surface area contributed by atoms with Crippen molar-refractivity contribution in [1.29, 1.82) is 0 Å². The van der Waals surface area contributed by atoms with Crippen molar-refractivity contribution in [1.82, 2.24) is 16.0 Å². The summed E-state index contributed by atoms with van der Waals surface area (Å²) >= 11 is 0. The Morgan fingerprint density at radius 2 is 1.42 bits per heavy atom. The van der Waals surface area contributed by atoms with E-state index in [1.807, 2.05) is 13.8 Å². The van der Waals surface area contributed by atoms with Gasteiger partial charge in [0.25, 0.3) is 0 Å². The van der Waals surface area contributed by atoms with Gasteiger partial charge in [-0.05, 0) is 32.1 Å². The number of aliphatic hydroxyl groups excluding tert-OH is 1. The van der Waals surface area contributed by atoms with Crippen LogP contribution < -0.4 is 33.2 Å². The van der Waals surface area contributed by atoms with Crippen molar-refractivity contribution in [2.45, 2.75) is 64.2 Å². The molecule has 0 radical (unpaired) electrons. The number of carboxylic acid groups (broad SMARTS) is 1. The Hall–Kier alpha value is -2.93. The number of rotatable bonds is 14. The third-order valence-electron chi connectivity index (χ3n) is 4.13. The van der Waals surface area contributed by atoms with E-state index in [-0.39, 0.29) is 37.7 Å². The van der Waals surface area contributed by atoms with Gasteiger partial charge in [-0.3, -0.25) is 19.4 Å². The lowest BCUT2D eigenvalue weighted by Crippen LogP contribution is -2.58. The smallest absolute Gasteiger partial charge is 0.326 e. The molecule has 13 heteroatoms. The van der Waals surface area contributed by atoms with Crippen molar-refractivity contribution in [2.75, 3.05) is 13.2 Å². The van der Waals surface area contributed by atoms with Gasteiger partial charge in [0.1, 0.15) is 18.1 Å². The summed E-state index contributed by atoms with van der Waals surface area (Å²) in [7, 11) is 0. The monoisotopic (exact) mass is 445 g/mol. The molecule has 31 heavy (non-hydrogen) atoms. The van der Waals surface area contributed by atoms with Gasteiger partial charge in [-0.1, -0.05) is 13.8 Å². The number of amides is 3. The van der Waals surface area contributed by atoms with E-state index in [1.54, 1.807) is 0 Å². The largest absolute Gasteiger partial charge is 0.480 e. The van der Waals surface area contributed by atoms with Crippen LogP contribution in [-0.2, 0) is 19.2 Å². The second kappa shape index (κ2) is 14.1. The Kier molecular flexibility index (Phi) is 12.8. The summed E-state index contributed by atoms with van der Waals surface area (Å²) in [6, 6.07) is -4.49. The van der Waals surface area contributed by atoms with Crippen molar-refractivity contribution >= 4 is 29.7 Å². The van der Waals surface area contributed by atoms with Crippen LogP contribution >= 0.6 is 0 Å². The number of hydrogen-bond donors (Lipinski definition) is 8. The molecule has 13 nitrogen and oxygen atoms in total. The Bertz CT molecular complexity index is 649. The van der Waals surface area contributed by atoms with Crippen LogP contribution in [0, 0.1) is 5.92 Å². The van der Waals surface area contributed by atoms with Crippen LogP contribution in [-0.4, -0.2) is 77.2 Å². The van der Waals surface area contributed by atoms with Crippen molar-refractivity contribution in [3.63, 3.8) is 0 Å². The summed E-state index contributed by atoms with van der Waals surface area (Å²) in [4.78, 5) is 52.0. The maximum Gasteiger partial charge on any atom is 0.326 e. The molecule has 0 saturated carbocycles. The highest BCUT2D eigenvalue weighted by Crippen LogP contribution is 2.06. The number of aliphatic carboxylic acids is 1. The first-order valence-electron chi connectivity index (χ1n) is 9.94. The predicted molar refractivity (Wildman–Crippen MR) is 114 cm³/mol. The number of nitrogens with two attached hydrogens (primary N) is 3. The third kappa shape index (κ3) is 11.7. The molecule has 11 N–H and O–H groups in total. The van der Waals surface area contributed by atoms with Crippen LogP contribution in [0.4, 0.5) is 0 Å². The first-order chi connectivity index (χ1) is 14.4. The van der Waals surface area contributed by atoms with E-state index in [0.717, 1.165) is 0 Å². The number of carboxylic acids is 1. The lowest BCUT2D eigenvalue weighted by atomic mass is 10.0. The molecule has 0 saturated heterocycles. The summed E-state index contributed by atoms with van der Waals surface area (Å²) in [5.74, 6) is -3.51. The highest BCUT2D eigenvalue weighted by atomic mass is 16.4. The van der Waals surface area contributed by atoms with Gasteiger partial charge in [0, 0.05) is 6.54 Å². The van der Waals surface area contributed by atoms with Crippen LogP contribution in [0.3, 0.4) is 0 Å². The lowest BCUT2D eigenvalue weighted by molar-refractivity contribution is -0.142. The summed E-state index contributed by atoms with van der Waals surface area (Å²) < 4.78 is 0. The summed E-state index contributed by atoms with van der Waals surface area (Å²) in [6.45, 7) is 4.55. The molecule has 0 bridgehead atoms. The van der Waals surface area contributed by atoms with Gasteiger partial charge in [-0.2, -0.15) is 0 Å². The fourth-order valence-corrected chi connectivity index (χ4v) is 2.51. The van der Waals surface area contributed by atoms with Gasteiger partial charge in [0.05, 0.1) is 12.6 Å². The third-order valence-corrected chi connectivity index (χ3v) is 4.13. The van der Waals surface area contributed by atoms with E-state index >= 15 is 0 Å². The van der Waals surface area contributed by atoms with E-state index in [1.165, 1.54) is 6.92 Å². The zero-order valence-corrected chi connectivity index (χ0v) is 18.1. The number of aliphatic hydroxyl groups is 1. The minimum atomic E-state index is -1.41. The molecule has 4 unspecified atom stereocenters. The summed E-state index contributed by atoms with van der Waals surface area (Å²) in [5, 5.41) is 25.9.